The van der Waals surface area contributed by atoms with Crippen LogP contribution in [-0.4, -0.2) is 18.5 Å². The predicted octanol–water partition coefficient (Wildman–Crippen LogP) is 4.62. The lowest BCUT2D eigenvalue weighted by Gasteiger charge is -2.18. The zero-order valence-electron chi connectivity index (χ0n) is 10.9. The summed E-state index contributed by atoms with van der Waals surface area (Å²) in [4.78, 5) is 1.46. The van der Waals surface area contributed by atoms with Crippen molar-refractivity contribution in [3.8, 4) is 0 Å². The van der Waals surface area contributed by atoms with Gasteiger partial charge in [0, 0.05) is 16.6 Å². The molecule has 0 amide bonds. The van der Waals surface area contributed by atoms with Gasteiger partial charge in [-0.1, -0.05) is 43.9 Å². The summed E-state index contributed by atoms with van der Waals surface area (Å²) in [5.74, 6) is 1.82. The molecule has 1 atom stereocenters. The first-order chi connectivity index (χ1) is 8.93. The number of hydrogen-bond acceptors (Lipinski definition) is 2. The molecule has 1 fully saturated rings. The predicted molar refractivity (Wildman–Crippen MR) is 77.3 cm³/mol. The van der Waals surface area contributed by atoms with E-state index >= 15 is 0 Å². The van der Waals surface area contributed by atoms with Crippen molar-refractivity contribution >= 4 is 11.8 Å². The fourth-order valence-electron chi connectivity index (χ4n) is 3.03. The smallest absolute Gasteiger partial charge is 0.0575 e. The van der Waals surface area contributed by atoms with Crippen LogP contribution in [0.5, 0.6) is 0 Å². The molecule has 0 aromatic heterocycles. The first-order valence-corrected chi connectivity index (χ1v) is 8.25. The average Bonchev–Trinajstić information content (AvgIpc) is 2.64. The van der Waals surface area contributed by atoms with Crippen molar-refractivity contribution in [3.63, 3.8) is 0 Å². The van der Waals surface area contributed by atoms with Crippen LogP contribution in [0.15, 0.2) is 29.2 Å². The van der Waals surface area contributed by atoms with Crippen molar-refractivity contribution in [2.75, 3.05) is 12.4 Å². The molecule has 0 spiro atoms. The number of hydrogen-bond donors (Lipinski definition) is 0. The third kappa shape index (κ3) is 2.92. The van der Waals surface area contributed by atoms with Gasteiger partial charge in [0.05, 0.1) is 12.7 Å². The molecule has 1 saturated carbocycles. The summed E-state index contributed by atoms with van der Waals surface area (Å²) >= 11 is 1.99. The maximum atomic E-state index is 6.19. The molecular weight excluding hydrogens is 240 g/mol. The summed E-state index contributed by atoms with van der Waals surface area (Å²) in [7, 11) is 0. The highest BCUT2D eigenvalue weighted by atomic mass is 32.2. The lowest BCUT2D eigenvalue weighted by molar-refractivity contribution is 0.0368. The molecule has 0 bridgehead atoms. The number of fused-ring (bicyclic) bond motifs is 1. The molecule has 1 aromatic rings. The molecule has 2 heteroatoms. The van der Waals surface area contributed by atoms with Crippen LogP contribution in [-0.2, 0) is 4.74 Å². The van der Waals surface area contributed by atoms with Gasteiger partial charge in [-0.3, -0.25) is 0 Å². The zero-order valence-corrected chi connectivity index (χ0v) is 11.8. The van der Waals surface area contributed by atoms with Crippen molar-refractivity contribution in [1.29, 1.82) is 0 Å². The minimum absolute atomic E-state index is 0.533. The van der Waals surface area contributed by atoms with E-state index in [0.29, 0.717) is 12.0 Å². The normalized spacial score (nSPS) is 24.8. The van der Waals surface area contributed by atoms with Gasteiger partial charge in [0.25, 0.3) is 0 Å². The average molecular weight is 262 g/mol. The largest absolute Gasteiger partial charge is 0.378 e. The fourth-order valence-corrected chi connectivity index (χ4v) is 4.26. The summed E-state index contributed by atoms with van der Waals surface area (Å²) in [6.07, 6.45) is 8.62. The maximum absolute atomic E-state index is 6.19. The Bertz CT molecular complexity index is 382. The molecule has 2 aliphatic rings. The van der Waals surface area contributed by atoms with Gasteiger partial charge in [-0.2, -0.15) is 0 Å². The van der Waals surface area contributed by atoms with E-state index in [0.717, 1.165) is 6.61 Å². The van der Waals surface area contributed by atoms with E-state index in [4.69, 9.17) is 4.74 Å². The minimum Gasteiger partial charge on any atom is -0.378 e. The van der Waals surface area contributed by atoms with Crippen LogP contribution in [0, 0.1) is 0 Å². The second-order valence-corrected chi connectivity index (χ2v) is 6.55. The van der Waals surface area contributed by atoms with Crippen LogP contribution < -0.4 is 0 Å². The molecule has 1 heterocycles. The molecule has 0 N–H and O–H groups in total. The molecule has 1 aliphatic heterocycles. The fraction of sp³-hybridized carbons (Fsp3) is 0.625. The van der Waals surface area contributed by atoms with E-state index in [-0.39, 0.29) is 0 Å². The van der Waals surface area contributed by atoms with Crippen molar-refractivity contribution in [2.45, 2.75) is 55.4 Å². The molecule has 1 aromatic carbocycles. The van der Waals surface area contributed by atoms with Crippen LogP contribution in [0.4, 0.5) is 0 Å². The molecular formula is C16H22OS. The van der Waals surface area contributed by atoms with Gasteiger partial charge in [-0.15, -0.1) is 11.8 Å². The Labute approximate surface area is 114 Å². The highest BCUT2D eigenvalue weighted by Gasteiger charge is 2.24. The summed E-state index contributed by atoms with van der Waals surface area (Å²) in [6.45, 7) is 0.925. The number of rotatable bonds is 3. The van der Waals surface area contributed by atoms with Crippen molar-refractivity contribution < 1.29 is 4.74 Å². The van der Waals surface area contributed by atoms with Crippen LogP contribution in [0.25, 0.3) is 0 Å². The number of ether oxygens (including phenoxy) is 1. The van der Waals surface area contributed by atoms with Crippen molar-refractivity contribution in [3.05, 3.63) is 29.8 Å². The quantitative estimate of drug-likeness (QED) is 0.735. The van der Waals surface area contributed by atoms with Gasteiger partial charge in [0.15, 0.2) is 0 Å². The Hall–Kier alpha value is -0.470. The maximum Gasteiger partial charge on any atom is 0.0575 e. The van der Waals surface area contributed by atoms with E-state index in [1.165, 1.54) is 54.7 Å². The van der Waals surface area contributed by atoms with Crippen molar-refractivity contribution in [1.82, 2.24) is 0 Å². The lowest BCUT2D eigenvalue weighted by Crippen LogP contribution is -2.17. The summed E-state index contributed by atoms with van der Waals surface area (Å²) in [5, 5.41) is 0. The van der Waals surface area contributed by atoms with Gasteiger partial charge < -0.3 is 4.74 Å². The van der Waals surface area contributed by atoms with E-state index in [1.54, 1.807) is 0 Å². The van der Waals surface area contributed by atoms with Gasteiger partial charge >= 0.3 is 0 Å². The Balaban J connectivity index is 1.55. The standard InChI is InChI=1S/C16H22OS/c1-2-4-8-14(7-3-1)17-11-13-12-18-16-10-6-5-9-15(13)16/h5-6,9-10,13-14H,1-4,7-8,11-12H2. The van der Waals surface area contributed by atoms with E-state index in [1.807, 2.05) is 11.8 Å². The Kier molecular flexibility index (Phi) is 4.27. The molecule has 1 nitrogen and oxygen atoms in total. The molecule has 0 saturated heterocycles. The second kappa shape index (κ2) is 6.12. The van der Waals surface area contributed by atoms with E-state index in [2.05, 4.69) is 24.3 Å². The van der Waals surface area contributed by atoms with Crippen LogP contribution in [0.1, 0.15) is 50.0 Å². The Morgan fingerprint density at radius 1 is 1.06 bits per heavy atom. The first-order valence-electron chi connectivity index (χ1n) is 7.27. The molecule has 98 valence electrons. The third-order valence-electron chi connectivity index (χ3n) is 4.13. The second-order valence-electron chi connectivity index (χ2n) is 5.49. The Morgan fingerprint density at radius 3 is 2.67 bits per heavy atom. The summed E-state index contributed by atoms with van der Waals surface area (Å²) in [5.41, 5.74) is 1.51. The highest BCUT2D eigenvalue weighted by Crippen LogP contribution is 2.39. The van der Waals surface area contributed by atoms with E-state index < -0.39 is 0 Å². The SMILES string of the molecule is c1ccc2c(c1)SCC2COC1CCCCCC1. The minimum atomic E-state index is 0.533. The zero-order chi connectivity index (χ0) is 12.2. The summed E-state index contributed by atoms with van der Waals surface area (Å²) < 4.78 is 6.19. The van der Waals surface area contributed by atoms with E-state index in [9.17, 15) is 0 Å². The molecule has 1 unspecified atom stereocenters. The van der Waals surface area contributed by atoms with Gasteiger partial charge in [0.1, 0.15) is 0 Å². The van der Waals surface area contributed by atoms with Gasteiger partial charge in [-0.25, -0.2) is 0 Å². The first kappa shape index (κ1) is 12.6. The Morgan fingerprint density at radius 2 is 1.83 bits per heavy atom. The van der Waals surface area contributed by atoms with Crippen LogP contribution >= 0.6 is 11.8 Å². The van der Waals surface area contributed by atoms with Gasteiger partial charge in [0.2, 0.25) is 0 Å². The number of thioether (sulfide) groups is 1. The third-order valence-corrected chi connectivity index (χ3v) is 5.39. The molecule has 3 rings (SSSR count). The lowest BCUT2D eigenvalue weighted by atomic mass is 10.0. The van der Waals surface area contributed by atoms with Gasteiger partial charge in [-0.05, 0) is 24.5 Å². The molecule has 18 heavy (non-hydrogen) atoms. The topological polar surface area (TPSA) is 9.23 Å². The van der Waals surface area contributed by atoms with Crippen LogP contribution in [0.2, 0.25) is 0 Å². The highest BCUT2D eigenvalue weighted by molar-refractivity contribution is 7.99. The number of benzene rings is 1. The molecule has 0 radical (unpaired) electrons. The monoisotopic (exact) mass is 262 g/mol. The molecule has 1 aliphatic carbocycles. The van der Waals surface area contributed by atoms with Crippen molar-refractivity contribution in [2.24, 2.45) is 0 Å². The summed E-state index contributed by atoms with van der Waals surface area (Å²) in [6, 6.07) is 8.81. The van der Waals surface area contributed by atoms with Crippen LogP contribution in [0.3, 0.4) is 0 Å².